The van der Waals surface area contributed by atoms with Gasteiger partial charge in [0.05, 0.1) is 13.2 Å². The van der Waals surface area contributed by atoms with Gasteiger partial charge in [0, 0.05) is 17.8 Å². The first-order valence-electron chi connectivity index (χ1n) is 7.13. The molecule has 1 aromatic carbocycles. The molecule has 0 aliphatic carbocycles. The molecule has 1 N–H and O–H groups in total. The summed E-state index contributed by atoms with van der Waals surface area (Å²) in [5.74, 6) is 0.550. The Labute approximate surface area is 125 Å². The van der Waals surface area contributed by atoms with Gasteiger partial charge in [0.2, 0.25) is 0 Å². The van der Waals surface area contributed by atoms with Crippen LogP contribution in [0.2, 0.25) is 0 Å². The maximum Gasteiger partial charge on any atom is 0.0717 e. The van der Waals surface area contributed by atoms with E-state index in [1.165, 1.54) is 16.0 Å². The van der Waals surface area contributed by atoms with Gasteiger partial charge in [0.1, 0.15) is 0 Å². The lowest BCUT2D eigenvalue weighted by Crippen LogP contribution is -2.14. The largest absolute Gasteiger partial charge is 0.376 e. The zero-order chi connectivity index (χ0) is 14.2. The summed E-state index contributed by atoms with van der Waals surface area (Å²) >= 11 is 1.79. The second-order valence-electron chi connectivity index (χ2n) is 5.08. The molecule has 0 aliphatic heterocycles. The van der Waals surface area contributed by atoms with Crippen LogP contribution >= 0.6 is 11.3 Å². The van der Waals surface area contributed by atoms with Gasteiger partial charge in [-0.25, -0.2) is 0 Å². The molecule has 1 atom stereocenters. The van der Waals surface area contributed by atoms with Crippen molar-refractivity contribution in [3.8, 4) is 0 Å². The predicted molar refractivity (Wildman–Crippen MR) is 86.5 cm³/mol. The van der Waals surface area contributed by atoms with Gasteiger partial charge in [0.15, 0.2) is 0 Å². The first-order valence-corrected chi connectivity index (χ1v) is 8.01. The van der Waals surface area contributed by atoms with Crippen molar-refractivity contribution in [1.29, 1.82) is 0 Å². The molecule has 20 heavy (non-hydrogen) atoms. The standard InChI is InChI=1S/C17H23NOS/c1-14(12-18-2)16-7-5-15(6-8-16)13-19-10-9-17-4-3-11-20-17/h3-8,11,14,18H,9-10,12-13H2,1-2H3. The smallest absolute Gasteiger partial charge is 0.0717 e. The highest BCUT2D eigenvalue weighted by Gasteiger charge is 2.04. The zero-order valence-electron chi connectivity index (χ0n) is 12.3. The molecule has 108 valence electrons. The van der Waals surface area contributed by atoms with E-state index in [1.807, 2.05) is 7.05 Å². The number of hydrogen-bond acceptors (Lipinski definition) is 3. The van der Waals surface area contributed by atoms with Crippen LogP contribution in [0.3, 0.4) is 0 Å². The molecule has 0 radical (unpaired) electrons. The highest BCUT2D eigenvalue weighted by atomic mass is 32.1. The lowest BCUT2D eigenvalue weighted by atomic mass is 10.00. The van der Waals surface area contributed by atoms with E-state index < -0.39 is 0 Å². The topological polar surface area (TPSA) is 21.3 Å². The molecular formula is C17H23NOS. The Bertz CT molecular complexity index is 478. The molecule has 2 rings (SSSR count). The Morgan fingerprint density at radius 1 is 1.20 bits per heavy atom. The normalized spacial score (nSPS) is 12.5. The van der Waals surface area contributed by atoms with Crippen LogP contribution in [-0.2, 0) is 17.8 Å². The molecule has 0 spiro atoms. The van der Waals surface area contributed by atoms with Crippen molar-refractivity contribution in [3.05, 3.63) is 57.8 Å². The van der Waals surface area contributed by atoms with Crippen molar-refractivity contribution in [2.75, 3.05) is 20.2 Å². The van der Waals surface area contributed by atoms with E-state index in [2.05, 4.69) is 54.0 Å². The maximum absolute atomic E-state index is 5.74. The SMILES string of the molecule is CNCC(C)c1ccc(COCCc2cccs2)cc1. The van der Waals surface area contributed by atoms with E-state index in [-0.39, 0.29) is 0 Å². The van der Waals surface area contributed by atoms with Crippen LogP contribution in [0.5, 0.6) is 0 Å². The lowest BCUT2D eigenvalue weighted by Gasteiger charge is -2.12. The number of likely N-dealkylation sites (N-methyl/N-ethyl adjacent to an activating group) is 1. The molecule has 2 aromatic rings. The summed E-state index contributed by atoms with van der Waals surface area (Å²) in [6, 6.07) is 13.0. The fourth-order valence-corrected chi connectivity index (χ4v) is 2.87. The molecule has 0 amide bonds. The van der Waals surface area contributed by atoms with Gasteiger partial charge in [-0.15, -0.1) is 11.3 Å². The van der Waals surface area contributed by atoms with Crippen LogP contribution in [0.15, 0.2) is 41.8 Å². The fraction of sp³-hybridized carbons (Fsp3) is 0.412. The molecule has 0 bridgehead atoms. The van der Waals surface area contributed by atoms with Crippen LogP contribution in [-0.4, -0.2) is 20.2 Å². The van der Waals surface area contributed by atoms with E-state index in [9.17, 15) is 0 Å². The number of thiophene rings is 1. The second kappa shape index (κ2) is 8.20. The van der Waals surface area contributed by atoms with Crippen LogP contribution in [0.1, 0.15) is 28.8 Å². The zero-order valence-corrected chi connectivity index (χ0v) is 13.1. The van der Waals surface area contributed by atoms with Crippen LogP contribution in [0.25, 0.3) is 0 Å². The monoisotopic (exact) mass is 289 g/mol. The van der Waals surface area contributed by atoms with Gasteiger partial charge in [-0.2, -0.15) is 0 Å². The van der Waals surface area contributed by atoms with E-state index in [0.717, 1.165) is 19.6 Å². The van der Waals surface area contributed by atoms with Crippen molar-refractivity contribution < 1.29 is 4.74 Å². The molecule has 1 unspecified atom stereocenters. The number of rotatable bonds is 8. The quantitative estimate of drug-likeness (QED) is 0.746. The molecule has 0 saturated carbocycles. The van der Waals surface area contributed by atoms with Gasteiger partial charge >= 0.3 is 0 Å². The van der Waals surface area contributed by atoms with Crippen molar-refractivity contribution in [2.24, 2.45) is 0 Å². The van der Waals surface area contributed by atoms with Crippen LogP contribution < -0.4 is 5.32 Å². The first kappa shape index (κ1) is 15.2. The molecule has 0 saturated heterocycles. The molecule has 1 aromatic heterocycles. The summed E-state index contributed by atoms with van der Waals surface area (Å²) in [5.41, 5.74) is 2.62. The average molecular weight is 289 g/mol. The number of benzene rings is 1. The van der Waals surface area contributed by atoms with Crippen molar-refractivity contribution in [2.45, 2.75) is 25.9 Å². The Kier molecular flexibility index (Phi) is 6.25. The minimum Gasteiger partial charge on any atom is -0.376 e. The predicted octanol–water partition coefficient (Wildman–Crippen LogP) is 3.83. The summed E-state index contributed by atoms with van der Waals surface area (Å²) in [6.45, 7) is 4.74. The van der Waals surface area contributed by atoms with E-state index in [4.69, 9.17) is 4.74 Å². The summed E-state index contributed by atoms with van der Waals surface area (Å²) in [4.78, 5) is 1.39. The molecule has 1 heterocycles. The number of ether oxygens (including phenoxy) is 1. The number of hydrogen-bond donors (Lipinski definition) is 1. The third kappa shape index (κ3) is 4.75. The van der Waals surface area contributed by atoms with Gasteiger partial charge in [0.25, 0.3) is 0 Å². The Morgan fingerprint density at radius 3 is 2.65 bits per heavy atom. The average Bonchev–Trinajstić information content (AvgIpc) is 2.98. The summed E-state index contributed by atoms with van der Waals surface area (Å²) in [6.07, 6.45) is 1.01. The third-order valence-corrected chi connectivity index (χ3v) is 4.34. The number of nitrogens with one attached hydrogen (secondary N) is 1. The Morgan fingerprint density at radius 2 is 2.00 bits per heavy atom. The summed E-state index contributed by atoms with van der Waals surface area (Å²) in [7, 11) is 1.99. The van der Waals surface area contributed by atoms with Crippen molar-refractivity contribution in [1.82, 2.24) is 5.32 Å². The highest BCUT2D eigenvalue weighted by molar-refractivity contribution is 7.09. The van der Waals surface area contributed by atoms with Gasteiger partial charge < -0.3 is 10.1 Å². The fourth-order valence-electron chi connectivity index (χ4n) is 2.18. The summed E-state index contributed by atoms with van der Waals surface area (Å²) in [5, 5.41) is 5.32. The highest BCUT2D eigenvalue weighted by Crippen LogP contribution is 2.15. The minimum atomic E-state index is 0.550. The molecule has 0 aliphatic rings. The van der Waals surface area contributed by atoms with Gasteiger partial charge in [-0.3, -0.25) is 0 Å². The maximum atomic E-state index is 5.74. The third-order valence-electron chi connectivity index (χ3n) is 3.40. The second-order valence-corrected chi connectivity index (χ2v) is 6.11. The van der Waals surface area contributed by atoms with Crippen LogP contribution in [0, 0.1) is 0 Å². The molecular weight excluding hydrogens is 266 g/mol. The lowest BCUT2D eigenvalue weighted by molar-refractivity contribution is 0.124. The summed E-state index contributed by atoms with van der Waals surface area (Å²) < 4.78 is 5.74. The van der Waals surface area contributed by atoms with E-state index >= 15 is 0 Å². The Balaban J connectivity index is 1.73. The molecule has 0 fully saturated rings. The molecule has 3 heteroatoms. The van der Waals surface area contributed by atoms with Crippen molar-refractivity contribution >= 4 is 11.3 Å². The van der Waals surface area contributed by atoms with E-state index in [1.54, 1.807) is 11.3 Å². The Hall–Kier alpha value is -1.16. The molecule has 2 nitrogen and oxygen atoms in total. The van der Waals surface area contributed by atoms with Gasteiger partial charge in [-0.05, 0) is 35.5 Å². The van der Waals surface area contributed by atoms with E-state index in [0.29, 0.717) is 12.5 Å². The minimum absolute atomic E-state index is 0.550. The van der Waals surface area contributed by atoms with Gasteiger partial charge in [-0.1, -0.05) is 37.3 Å². The van der Waals surface area contributed by atoms with Crippen molar-refractivity contribution in [3.63, 3.8) is 0 Å². The van der Waals surface area contributed by atoms with Crippen LogP contribution in [0.4, 0.5) is 0 Å². The first-order chi connectivity index (χ1) is 9.79.